The van der Waals surface area contributed by atoms with Crippen LogP contribution in [0, 0.1) is 0 Å². The highest BCUT2D eigenvalue weighted by Crippen LogP contribution is 1.84. The normalized spacial score (nSPS) is 8.55. The van der Waals surface area contributed by atoms with E-state index in [1.54, 1.807) is 0 Å². The van der Waals surface area contributed by atoms with Gasteiger partial charge in [-0.15, -0.1) is 0 Å². The summed E-state index contributed by atoms with van der Waals surface area (Å²) in [5, 5.41) is 0. The number of nitrogens with zero attached hydrogens (tertiary/aromatic N) is 1. The molecule has 0 heterocycles. The minimum atomic E-state index is -0.852. The molecule has 1 amide bonds. The van der Waals surface area contributed by atoms with Gasteiger partial charge in [-0.05, 0) is 0 Å². The highest BCUT2D eigenvalue weighted by molar-refractivity contribution is 6.32. The van der Waals surface area contributed by atoms with Crippen LogP contribution in [0.4, 0.5) is 0 Å². The van der Waals surface area contributed by atoms with Crippen LogP contribution < -0.4 is 0 Å². The van der Waals surface area contributed by atoms with Crippen LogP contribution in [0.25, 0.3) is 0 Å². The molecule has 11 heavy (non-hydrogen) atoms. The van der Waals surface area contributed by atoms with E-state index in [-0.39, 0.29) is 6.61 Å². The lowest BCUT2D eigenvalue weighted by atomic mass is 10.5. The fraction of sp³-hybridized carbons (Fsp3) is 0.429. The molecule has 0 radical (unpaired) electrons. The number of likely N-dealkylation sites (N-methyl/N-ethyl adjacent to an activating group) is 1. The number of hydrogen-bond acceptors (Lipinski definition) is 3. The lowest BCUT2D eigenvalue weighted by Gasteiger charge is -2.07. The van der Waals surface area contributed by atoms with Crippen molar-refractivity contribution in [2.45, 2.75) is 0 Å². The minimum Gasteiger partial charge on any atom is -0.454 e. The molecule has 4 nitrogen and oxygen atoms in total. The van der Waals surface area contributed by atoms with E-state index in [0.717, 1.165) is 4.90 Å². The van der Waals surface area contributed by atoms with Gasteiger partial charge in [0.1, 0.15) is 6.61 Å². The maximum atomic E-state index is 10.8. The zero-order valence-electron chi connectivity index (χ0n) is 6.66. The van der Waals surface area contributed by atoms with Crippen LogP contribution in [-0.4, -0.2) is 37.5 Å². The molecule has 62 valence electrons. The van der Waals surface area contributed by atoms with Gasteiger partial charge >= 0.3 is 11.9 Å². The van der Waals surface area contributed by atoms with Crippen LogP contribution >= 0.6 is 0 Å². The standard InChI is InChI=1S/C7H11NO3/c1-4-5-11-7(10)6(9)8(2)3/h4H,1,5H2,2-3H3. The molecular formula is C7H11NO3. The Morgan fingerprint density at radius 1 is 1.55 bits per heavy atom. The fourth-order valence-corrected chi connectivity index (χ4v) is 0.379. The third-order valence-corrected chi connectivity index (χ3v) is 0.913. The highest BCUT2D eigenvalue weighted by atomic mass is 16.5. The first-order chi connectivity index (χ1) is 5.09. The summed E-state index contributed by atoms with van der Waals surface area (Å²) in [5.74, 6) is -1.51. The molecule has 0 N–H and O–H groups in total. The van der Waals surface area contributed by atoms with Gasteiger partial charge in [-0.25, -0.2) is 4.79 Å². The Balaban J connectivity index is 3.83. The summed E-state index contributed by atoms with van der Waals surface area (Å²) >= 11 is 0. The molecule has 0 aromatic rings. The van der Waals surface area contributed by atoms with Crippen molar-refractivity contribution in [3.8, 4) is 0 Å². The first-order valence-electron chi connectivity index (χ1n) is 3.09. The molecule has 0 bridgehead atoms. The first kappa shape index (κ1) is 9.68. The predicted octanol–water partition coefficient (Wildman–Crippen LogP) is -0.196. The topological polar surface area (TPSA) is 46.6 Å². The number of carbonyl (C=O) groups excluding carboxylic acids is 2. The van der Waals surface area contributed by atoms with Crippen molar-refractivity contribution < 1.29 is 14.3 Å². The van der Waals surface area contributed by atoms with E-state index in [9.17, 15) is 9.59 Å². The van der Waals surface area contributed by atoms with Crippen molar-refractivity contribution in [2.75, 3.05) is 20.7 Å². The van der Waals surface area contributed by atoms with Crippen molar-refractivity contribution in [3.63, 3.8) is 0 Å². The van der Waals surface area contributed by atoms with Crippen molar-refractivity contribution in [2.24, 2.45) is 0 Å². The minimum absolute atomic E-state index is 0.0679. The summed E-state index contributed by atoms with van der Waals surface area (Å²) in [7, 11) is 2.97. The Bertz CT molecular complexity index is 175. The van der Waals surface area contributed by atoms with E-state index in [4.69, 9.17) is 0 Å². The molecule has 0 atom stereocenters. The van der Waals surface area contributed by atoms with Crippen LogP contribution in [-0.2, 0) is 14.3 Å². The Morgan fingerprint density at radius 2 is 2.09 bits per heavy atom. The van der Waals surface area contributed by atoms with Gasteiger partial charge < -0.3 is 9.64 Å². The van der Waals surface area contributed by atoms with Crippen LogP contribution in [0.5, 0.6) is 0 Å². The SMILES string of the molecule is C=CCOC(=O)C(=O)N(C)C. The Labute approximate surface area is 65.4 Å². The third-order valence-electron chi connectivity index (χ3n) is 0.913. The van der Waals surface area contributed by atoms with Crippen molar-refractivity contribution in [1.29, 1.82) is 0 Å². The molecule has 4 heteroatoms. The Morgan fingerprint density at radius 3 is 2.45 bits per heavy atom. The number of carbonyl (C=O) groups is 2. The van der Waals surface area contributed by atoms with Crippen LogP contribution in [0.15, 0.2) is 12.7 Å². The summed E-state index contributed by atoms with van der Waals surface area (Å²) in [6, 6.07) is 0. The van der Waals surface area contributed by atoms with Crippen molar-refractivity contribution in [1.82, 2.24) is 4.90 Å². The van der Waals surface area contributed by atoms with E-state index in [2.05, 4.69) is 11.3 Å². The number of hydrogen-bond donors (Lipinski definition) is 0. The molecule has 0 saturated heterocycles. The molecule has 0 saturated carbocycles. The second kappa shape index (κ2) is 4.49. The van der Waals surface area contributed by atoms with Gasteiger partial charge in [0, 0.05) is 14.1 Å². The second-order valence-corrected chi connectivity index (χ2v) is 2.09. The molecule has 0 aromatic heterocycles. The lowest BCUT2D eigenvalue weighted by molar-refractivity contribution is -0.158. The summed E-state index contributed by atoms with van der Waals surface area (Å²) in [6.45, 7) is 3.40. The lowest BCUT2D eigenvalue weighted by Crippen LogP contribution is -2.31. The second-order valence-electron chi connectivity index (χ2n) is 2.09. The van der Waals surface area contributed by atoms with Gasteiger partial charge in [-0.2, -0.15) is 0 Å². The van der Waals surface area contributed by atoms with Gasteiger partial charge in [0.05, 0.1) is 0 Å². The largest absolute Gasteiger partial charge is 0.454 e. The van der Waals surface area contributed by atoms with Crippen molar-refractivity contribution >= 4 is 11.9 Å². The van der Waals surface area contributed by atoms with Crippen LogP contribution in [0.2, 0.25) is 0 Å². The monoisotopic (exact) mass is 157 g/mol. The third kappa shape index (κ3) is 3.40. The average Bonchev–Trinajstić information content (AvgIpc) is 1.98. The molecule has 0 rings (SSSR count). The van der Waals surface area contributed by atoms with E-state index < -0.39 is 11.9 Å². The zero-order valence-corrected chi connectivity index (χ0v) is 6.66. The smallest absolute Gasteiger partial charge is 0.397 e. The summed E-state index contributed by atoms with van der Waals surface area (Å²) < 4.78 is 4.47. The Hall–Kier alpha value is -1.32. The van der Waals surface area contributed by atoms with Gasteiger partial charge in [-0.3, -0.25) is 4.79 Å². The average molecular weight is 157 g/mol. The molecule has 0 fully saturated rings. The molecular weight excluding hydrogens is 146 g/mol. The Kier molecular flexibility index (Phi) is 3.95. The molecule has 0 aliphatic heterocycles. The maximum absolute atomic E-state index is 10.8. The summed E-state index contributed by atoms with van der Waals surface area (Å²) in [4.78, 5) is 22.6. The van der Waals surface area contributed by atoms with Gasteiger partial charge in [0.2, 0.25) is 0 Å². The van der Waals surface area contributed by atoms with E-state index in [1.807, 2.05) is 0 Å². The van der Waals surface area contributed by atoms with Crippen LogP contribution in [0.3, 0.4) is 0 Å². The van der Waals surface area contributed by atoms with E-state index in [1.165, 1.54) is 20.2 Å². The van der Waals surface area contributed by atoms with Gasteiger partial charge in [0.15, 0.2) is 0 Å². The van der Waals surface area contributed by atoms with E-state index in [0.29, 0.717) is 0 Å². The van der Waals surface area contributed by atoms with Gasteiger partial charge in [0.25, 0.3) is 0 Å². The predicted molar refractivity (Wildman–Crippen MR) is 39.9 cm³/mol. The fourth-order valence-electron chi connectivity index (χ4n) is 0.379. The molecule has 0 aromatic carbocycles. The van der Waals surface area contributed by atoms with Gasteiger partial charge in [-0.1, -0.05) is 12.7 Å². The van der Waals surface area contributed by atoms with Crippen LogP contribution in [0.1, 0.15) is 0 Å². The summed E-state index contributed by atoms with van der Waals surface area (Å²) in [5.41, 5.74) is 0. The number of esters is 1. The van der Waals surface area contributed by atoms with Crippen molar-refractivity contribution in [3.05, 3.63) is 12.7 Å². The van der Waals surface area contributed by atoms with E-state index >= 15 is 0 Å². The molecule has 0 aliphatic rings. The number of ether oxygens (including phenoxy) is 1. The number of amides is 1. The molecule has 0 spiro atoms. The summed E-state index contributed by atoms with van der Waals surface area (Å²) in [6.07, 6.45) is 1.40. The maximum Gasteiger partial charge on any atom is 0.397 e. The zero-order chi connectivity index (χ0) is 8.85. The highest BCUT2D eigenvalue weighted by Gasteiger charge is 2.15. The molecule has 0 aliphatic carbocycles. The first-order valence-corrected chi connectivity index (χ1v) is 3.09. The quantitative estimate of drug-likeness (QED) is 0.317. The number of rotatable bonds is 2. The molecule has 0 unspecified atom stereocenters.